The van der Waals surface area contributed by atoms with Gasteiger partial charge in [0.1, 0.15) is 11.8 Å². The van der Waals surface area contributed by atoms with Gasteiger partial charge < -0.3 is 24.7 Å². The van der Waals surface area contributed by atoms with Crippen molar-refractivity contribution >= 4 is 22.6 Å². The van der Waals surface area contributed by atoms with Crippen LogP contribution in [-0.2, 0) is 4.74 Å². The molecule has 0 bridgehead atoms. The molecule has 2 aromatic carbocycles. The van der Waals surface area contributed by atoms with E-state index in [1.165, 1.54) is 6.42 Å². The average molecular weight is 488 g/mol. The average Bonchev–Trinajstić information content (AvgIpc) is 3.17. The molecule has 0 unspecified atom stereocenters. The molecule has 8 heteroatoms. The molecule has 5 rings (SSSR count). The van der Waals surface area contributed by atoms with E-state index in [0.717, 1.165) is 73.6 Å². The van der Waals surface area contributed by atoms with Crippen LogP contribution < -0.4 is 15.4 Å². The number of aromatic nitrogens is 1. The van der Waals surface area contributed by atoms with Crippen LogP contribution in [0, 0.1) is 11.3 Å². The standard InChI is InChI=1S/C28H33N5O3/c1-2-36-23-10-11-24-25(19-29)27(33(26(24)18-23)22-4-3-5-22)20-6-8-21(9-7-20)31-28(34)30-12-13-32-14-16-35-17-15-32/h6-11,18,22H,2-5,12-17H2,1H3,(H2,30,31,34). The van der Waals surface area contributed by atoms with Gasteiger partial charge in [-0.2, -0.15) is 5.26 Å². The highest BCUT2D eigenvalue weighted by Gasteiger charge is 2.28. The number of rotatable bonds is 8. The van der Waals surface area contributed by atoms with E-state index in [2.05, 4.69) is 32.2 Å². The number of ether oxygens (including phenoxy) is 2. The predicted octanol–water partition coefficient (Wildman–Crippen LogP) is 4.76. The number of fused-ring (bicyclic) bond motifs is 1. The zero-order valence-electron chi connectivity index (χ0n) is 20.8. The molecule has 2 aliphatic rings. The van der Waals surface area contributed by atoms with Crippen molar-refractivity contribution in [1.82, 2.24) is 14.8 Å². The van der Waals surface area contributed by atoms with Crippen molar-refractivity contribution in [3.63, 3.8) is 0 Å². The number of carbonyl (C=O) groups excluding carboxylic acids is 1. The lowest BCUT2D eigenvalue weighted by Crippen LogP contribution is -2.42. The second-order valence-electron chi connectivity index (χ2n) is 9.31. The summed E-state index contributed by atoms with van der Waals surface area (Å²) in [5, 5.41) is 16.9. The minimum Gasteiger partial charge on any atom is -0.494 e. The van der Waals surface area contributed by atoms with Gasteiger partial charge in [-0.15, -0.1) is 0 Å². The van der Waals surface area contributed by atoms with Crippen LogP contribution in [0.4, 0.5) is 10.5 Å². The molecule has 188 valence electrons. The summed E-state index contributed by atoms with van der Waals surface area (Å²) >= 11 is 0. The number of nitrogens with one attached hydrogen (secondary N) is 2. The van der Waals surface area contributed by atoms with E-state index in [9.17, 15) is 10.1 Å². The molecule has 1 aliphatic carbocycles. The summed E-state index contributed by atoms with van der Waals surface area (Å²) in [6.45, 7) is 7.27. The zero-order chi connectivity index (χ0) is 24.9. The summed E-state index contributed by atoms with van der Waals surface area (Å²) in [4.78, 5) is 14.7. The molecule has 1 saturated heterocycles. The van der Waals surface area contributed by atoms with Crippen LogP contribution in [0.3, 0.4) is 0 Å². The Hall–Kier alpha value is -3.54. The molecular weight excluding hydrogens is 454 g/mol. The summed E-state index contributed by atoms with van der Waals surface area (Å²) in [5.74, 6) is 0.818. The molecule has 0 atom stereocenters. The Morgan fingerprint density at radius 3 is 2.61 bits per heavy atom. The lowest BCUT2D eigenvalue weighted by molar-refractivity contribution is 0.0388. The summed E-state index contributed by atoms with van der Waals surface area (Å²) < 4.78 is 13.4. The van der Waals surface area contributed by atoms with Crippen LogP contribution in [0.2, 0.25) is 0 Å². The highest BCUT2D eigenvalue weighted by molar-refractivity contribution is 5.96. The van der Waals surface area contributed by atoms with Crippen LogP contribution in [0.15, 0.2) is 42.5 Å². The van der Waals surface area contributed by atoms with Crippen molar-refractivity contribution in [2.24, 2.45) is 0 Å². The number of benzene rings is 2. The molecule has 1 saturated carbocycles. The van der Waals surface area contributed by atoms with Crippen LogP contribution in [0.1, 0.15) is 37.8 Å². The highest BCUT2D eigenvalue weighted by atomic mass is 16.5. The van der Waals surface area contributed by atoms with E-state index in [0.29, 0.717) is 30.4 Å². The molecule has 2 heterocycles. The Labute approximate surface area is 211 Å². The summed E-state index contributed by atoms with van der Waals surface area (Å²) in [6, 6.07) is 16.3. The van der Waals surface area contributed by atoms with Gasteiger partial charge in [0.25, 0.3) is 0 Å². The maximum Gasteiger partial charge on any atom is 0.319 e. The quantitative estimate of drug-likeness (QED) is 0.478. The number of amides is 2. The van der Waals surface area contributed by atoms with E-state index < -0.39 is 0 Å². The maximum atomic E-state index is 12.4. The number of nitrogens with zero attached hydrogens (tertiary/aromatic N) is 3. The second kappa shape index (κ2) is 11.0. The Morgan fingerprint density at radius 2 is 1.94 bits per heavy atom. The number of carbonyl (C=O) groups is 1. The van der Waals surface area contributed by atoms with Gasteiger partial charge in [0.15, 0.2) is 0 Å². The van der Waals surface area contributed by atoms with E-state index in [-0.39, 0.29) is 6.03 Å². The molecule has 2 fully saturated rings. The lowest BCUT2D eigenvalue weighted by Gasteiger charge is -2.30. The first kappa shape index (κ1) is 24.2. The van der Waals surface area contributed by atoms with Gasteiger partial charge in [-0.25, -0.2) is 4.79 Å². The molecule has 1 aromatic heterocycles. The molecule has 1 aliphatic heterocycles. The third-order valence-corrected chi connectivity index (χ3v) is 7.07. The van der Waals surface area contributed by atoms with Crippen molar-refractivity contribution in [3.05, 3.63) is 48.0 Å². The van der Waals surface area contributed by atoms with Crippen molar-refractivity contribution in [2.75, 3.05) is 51.3 Å². The summed E-state index contributed by atoms with van der Waals surface area (Å²) in [7, 11) is 0. The normalized spacial score (nSPS) is 16.3. The second-order valence-corrected chi connectivity index (χ2v) is 9.31. The van der Waals surface area contributed by atoms with Gasteiger partial charge in [-0.1, -0.05) is 12.1 Å². The van der Waals surface area contributed by atoms with Gasteiger partial charge in [0, 0.05) is 49.4 Å². The first-order chi connectivity index (χ1) is 17.7. The van der Waals surface area contributed by atoms with Crippen LogP contribution in [0.5, 0.6) is 5.75 Å². The van der Waals surface area contributed by atoms with E-state index >= 15 is 0 Å². The molecule has 8 nitrogen and oxygen atoms in total. The van der Waals surface area contributed by atoms with Gasteiger partial charge in [0.2, 0.25) is 0 Å². The van der Waals surface area contributed by atoms with E-state index in [1.807, 2.05) is 43.3 Å². The van der Waals surface area contributed by atoms with Crippen LogP contribution >= 0.6 is 0 Å². The Morgan fingerprint density at radius 1 is 1.17 bits per heavy atom. The van der Waals surface area contributed by atoms with Crippen LogP contribution in [0.25, 0.3) is 22.2 Å². The van der Waals surface area contributed by atoms with Gasteiger partial charge >= 0.3 is 6.03 Å². The van der Waals surface area contributed by atoms with Crippen molar-refractivity contribution < 1.29 is 14.3 Å². The first-order valence-corrected chi connectivity index (χ1v) is 12.8. The third-order valence-electron chi connectivity index (χ3n) is 7.07. The van der Waals surface area contributed by atoms with Gasteiger partial charge in [0.05, 0.1) is 36.6 Å². The highest BCUT2D eigenvalue weighted by Crippen LogP contribution is 2.43. The smallest absolute Gasteiger partial charge is 0.319 e. The van der Waals surface area contributed by atoms with Crippen LogP contribution in [-0.4, -0.2) is 61.5 Å². The fourth-order valence-corrected chi connectivity index (χ4v) is 5.01. The fraction of sp³-hybridized carbons (Fsp3) is 0.429. The number of nitriles is 1. The van der Waals surface area contributed by atoms with E-state index in [4.69, 9.17) is 9.47 Å². The topological polar surface area (TPSA) is 91.5 Å². The summed E-state index contributed by atoms with van der Waals surface area (Å²) in [6.07, 6.45) is 3.40. The Kier molecular flexibility index (Phi) is 7.40. The largest absolute Gasteiger partial charge is 0.494 e. The maximum absolute atomic E-state index is 12.4. The first-order valence-electron chi connectivity index (χ1n) is 12.8. The third kappa shape index (κ3) is 5.03. The zero-order valence-corrected chi connectivity index (χ0v) is 20.8. The molecule has 0 radical (unpaired) electrons. The number of hydrogen-bond acceptors (Lipinski definition) is 5. The minimum atomic E-state index is -0.222. The fourth-order valence-electron chi connectivity index (χ4n) is 5.01. The van der Waals surface area contributed by atoms with E-state index in [1.54, 1.807) is 0 Å². The number of urea groups is 1. The minimum absolute atomic E-state index is 0.222. The van der Waals surface area contributed by atoms with Gasteiger partial charge in [-0.3, -0.25) is 4.90 Å². The SMILES string of the molecule is CCOc1ccc2c(C#N)c(-c3ccc(NC(=O)NCCN4CCOCC4)cc3)n(C3CCC3)c2c1. The lowest BCUT2D eigenvalue weighted by atomic mass is 9.92. The molecule has 0 spiro atoms. The molecule has 2 amide bonds. The van der Waals surface area contributed by atoms with Crippen molar-refractivity contribution in [3.8, 4) is 23.1 Å². The number of hydrogen-bond donors (Lipinski definition) is 2. The van der Waals surface area contributed by atoms with Crippen molar-refractivity contribution in [1.29, 1.82) is 5.26 Å². The molecular formula is C28H33N5O3. The molecule has 2 N–H and O–H groups in total. The van der Waals surface area contributed by atoms with Gasteiger partial charge in [-0.05, 0) is 56.0 Å². The Balaban J connectivity index is 1.34. The number of morpholine rings is 1. The summed E-state index contributed by atoms with van der Waals surface area (Å²) in [5.41, 5.74) is 4.34. The van der Waals surface area contributed by atoms with Crippen molar-refractivity contribution in [2.45, 2.75) is 32.2 Å². The number of anilines is 1. The monoisotopic (exact) mass is 487 g/mol. The predicted molar refractivity (Wildman–Crippen MR) is 140 cm³/mol. The molecule has 3 aromatic rings. The molecule has 36 heavy (non-hydrogen) atoms. The Bertz CT molecular complexity index is 1250.